The quantitative estimate of drug-likeness (QED) is 0.831. The zero-order valence-corrected chi connectivity index (χ0v) is 12.4. The van der Waals surface area contributed by atoms with E-state index in [9.17, 15) is 4.79 Å². The summed E-state index contributed by atoms with van der Waals surface area (Å²) in [6.45, 7) is 2.50. The molecule has 0 N–H and O–H groups in total. The molecule has 2 fully saturated rings. The van der Waals surface area contributed by atoms with Crippen molar-refractivity contribution in [2.24, 2.45) is 0 Å². The van der Waals surface area contributed by atoms with Gasteiger partial charge in [0.2, 0.25) is 5.91 Å². The van der Waals surface area contributed by atoms with Crippen LogP contribution in [0, 0.1) is 0 Å². The first-order valence-electron chi connectivity index (χ1n) is 7.67. The summed E-state index contributed by atoms with van der Waals surface area (Å²) >= 11 is 1.52. The minimum Gasteiger partial charge on any atom is -0.342 e. The monoisotopic (exact) mass is 292 g/mol. The maximum absolute atomic E-state index is 12.5. The summed E-state index contributed by atoms with van der Waals surface area (Å²) in [7, 11) is 0. The van der Waals surface area contributed by atoms with Crippen LogP contribution in [0.2, 0.25) is 0 Å². The zero-order chi connectivity index (χ0) is 13.5. The molecule has 108 valence electrons. The predicted molar refractivity (Wildman–Crippen MR) is 76.5 cm³/mol. The van der Waals surface area contributed by atoms with Crippen LogP contribution in [0.25, 0.3) is 0 Å². The van der Waals surface area contributed by atoms with E-state index in [0.717, 1.165) is 25.9 Å². The first-order valence-corrected chi connectivity index (χ1v) is 8.45. The summed E-state index contributed by atoms with van der Waals surface area (Å²) in [5.74, 6) is 0.322. The molecule has 20 heavy (non-hydrogen) atoms. The molecule has 1 amide bonds. The molecule has 0 radical (unpaired) electrons. The van der Waals surface area contributed by atoms with Crippen molar-refractivity contribution in [3.63, 3.8) is 0 Å². The summed E-state index contributed by atoms with van der Waals surface area (Å²) < 4.78 is 4.10. The number of fused-ring (bicyclic) bond motifs is 4. The molecule has 5 nitrogen and oxygen atoms in total. The molecule has 2 unspecified atom stereocenters. The molecule has 0 spiro atoms. The van der Waals surface area contributed by atoms with E-state index in [2.05, 4.69) is 19.4 Å². The number of aromatic nitrogens is 2. The van der Waals surface area contributed by atoms with Crippen LogP contribution >= 0.6 is 11.5 Å². The van der Waals surface area contributed by atoms with Gasteiger partial charge < -0.3 is 4.90 Å². The van der Waals surface area contributed by atoms with E-state index < -0.39 is 0 Å². The van der Waals surface area contributed by atoms with Crippen molar-refractivity contribution >= 4 is 17.4 Å². The Morgan fingerprint density at radius 1 is 1.25 bits per heavy atom. The molecule has 1 aromatic heterocycles. The van der Waals surface area contributed by atoms with Gasteiger partial charge in [-0.2, -0.15) is 0 Å². The summed E-state index contributed by atoms with van der Waals surface area (Å²) in [4.78, 5) is 18.3. The third-order valence-corrected chi connectivity index (χ3v) is 5.85. The van der Waals surface area contributed by atoms with Crippen LogP contribution in [0.15, 0.2) is 0 Å². The van der Waals surface area contributed by atoms with Crippen LogP contribution in [0.1, 0.15) is 48.7 Å². The van der Waals surface area contributed by atoms with Crippen molar-refractivity contribution in [2.75, 3.05) is 19.6 Å². The van der Waals surface area contributed by atoms with Gasteiger partial charge in [-0.3, -0.25) is 9.69 Å². The Morgan fingerprint density at radius 2 is 2.10 bits per heavy atom. The lowest BCUT2D eigenvalue weighted by Gasteiger charge is -2.35. The highest BCUT2D eigenvalue weighted by molar-refractivity contribution is 7.05. The first-order chi connectivity index (χ1) is 9.83. The number of rotatable bonds is 2. The van der Waals surface area contributed by atoms with Gasteiger partial charge in [0.15, 0.2) is 0 Å². The Balaban J connectivity index is 1.48. The Bertz CT molecular complexity index is 511. The van der Waals surface area contributed by atoms with Crippen LogP contribution in [0.3, 0.4) is 0 Å². The Labute approximate surface area is 123 Å². The fraction of sp³-hybridized carbons (Fsp3) is 0.786. The van der Waals surface area contributed by atoms with E-state index in [0.29, 0.717) is 24.5 Å². The number of nitrogens with zero attached hydrogens (tertiary/aromatic N) is 4. The molecular formula is C14H20N4OS. The van der Waals surface area contributed by atoms with Gasteiger partial charge in [0.25, 0.3) is 0 Å². The van der Waals surface area contributed by atoms with E-state index in [1.165, 1.54) is 47.8 Å². The number of likely N-dealkylation sites (tertiary alicyclic amines) is 1. The van der Waals surface area contributed by atoms with Crippen LogP contribution in [-0.4, -0.2) is 51.0 Å². The molecule has 2 saturated heterocycles. The van der Waals surface area contributed by atoms with Crippen molar-refractivity contribution in [3.8, 4) is 0 Å². The highest BCUT2D eigenvalue weighted by Crippen LogP contribution is 2.44. The van der Waals surface area contributed by atoms with Crippen molar-refractivity contribution in [2.45, 2.75) is 50.6 Å². The molecule has 0 aliphatic carbocycles. The van der Waals surface area contributed by atoms with E-state index >= 15 is 0 Å². The second-order valence-electron chi connectivity index (χ2n) is 6.15. The predicted octanol–water partition coefficient (Wildman–Crippen LogP) is 1.61. The smallest absolute Gasteiger partial charge is 0.236 e. The van der Waals surface area contributed by atoms with Gasteiger partial charge in [-0.25, -0.2) is 0 Å². The molecule has 1 aromatic rings. The molecule has 2 bridgehead atoms. The van der Waals surface area contributed by atoms with Crippen LogP contribution in [0.5, 0.6) is 0 Å². The number of amides is 1. The SMILES string of the molecule is O=C(CN1C2CCC1c1snnc1C2)N1CCCCC1. The lowest BCUT2D eigenvalue weighted by Crippen LogP contribution is -2.46. The largest absolute Gasteiger partial charge is 0.342 e. The topological polar surface area (TPSA) is 49.3 Å². The van der Waals surface area contributed by atoms with Gasteiger partial charge in [0.1, 0.15) is 0 Å². The molecule has 4 rings (SSSR count). The Hall–Kier alpha value is -1.01. The molecule has 0 aromatic carbocycles. The van der Waals surface area contributed by atoms with Crippen molar-refractivity contribution < 1.29 is 4.79 Å². The first kappa shape index (κ1) is 12.7. The van der Waals surface area contributed by atoms with Gasteiger partial charge in [-0.15, -0.1) is 5.10 Å². The summed E-state index contributed by atoms with van der Waals surface area (Å²) in [6, 6.07) is 0.905. The summed E-state index contributed by atoms with van der Waals surface area (Å²) in [5.41, 5.74) is 1.18. The maximum Gasteiger partial charge on any atom is 0.236 e. The van der Waals surface area contributed by atoms with Gasteiger partial charge in [0.05, 0.1) is 17.1 Å². The average Bonchev–Trinajstić information content (AvgIpc) is 3.05. The van der Waals surface area contributed by atoms with E-state index in [-0.39, 0.29) is 0 Å². The summed E-state index contributed by atoms with van der Waals surface area (Å²) in [6.07, 6.45) is 6.95. The lowest BCUT2D eigenvalue weighted by molar-refractivity contribution is -0.134. The van der Waals surface area contributed by atoms with Crippen molar-refractivity contribution in [1.82, 2.24) is 19.4 Å². The molecule has 0 saturated carbocycles. The van der Waals surface area contributed by atoms with Crippen molar-refractivity contribution in [3.05, 3.63) is 10.6 Å². The van der Waals surface area contributed by atoms with Crippen LogP contribution in [-0.2, 0) is 11.2 Å². The van der Waals surface area contributed by atoms with E-state index in [1.807, 2.05) is 0 Å². The summed E-state index contributed by atoms with van der Waals surface area (Å²) in [5, 5.41) is 4.25. The zero-order valence-electron chi connectivity index (χ0n) is 11.6. The van der Waals surface area contributed by atoms with Gasteiger partial charge in [-0.05, 0) is 43.6 Å². The minimum atomic E-state index is 0.322. The number of piperidine rings is 1. The number of carbonyl (C=O) groups is 1. The van der Waals surface area contributed by atoms with E-state index in [4.69, 9.17) is 0 Å². The molecule has 3 aliphatic heterocycles. The molecule has 3 aliphatic rings. The third-order valence-electron chi connectivity index (χ3n) is 4.99. The Morgan fingerprint density at radius 3 is 2.95 bits per heavy atom. The Kier molecular flexibility index (Phi) is 3.22. The lowest BCUT2D eigenvalue weighted by atomic mass is 10.1. The van der Waals surface area contributed by atoms with Crippen molar-refractivity contribution in [1.29, 1.82) is 0 Å². The molecule has 4 heterocycles. The van der Waals surface area contributed by atoms with Gasteiger partial charge in [-0.1, -0.05) is 4.49 Å². The minimum absolute atomic E-state index is 0.322. The number of carbonyl (C=O) groups excluding carboxylic acids is 1. The highest BCUT2D eigenvalue weighted by atomic mass is 32.1. The molecular weight excluding hydrogens is 272 g/mol. The fourth-order valence-corrected chi connectivity index (χ4v) is 4.74. The normalized spacial score (nSPS) is 29.5. The standard InChI is InChI=1S/C14H20N4OS/c19-13(17-6-2-1-3-7-17)9-18-10-4-5-12(18)14-11(8-10)15-16-20-14/h10,12H,1-9H2. The second kappa shape index (κ2) is 5.07. The van der Waals surface area contributed by atoms with E-state index in [1.54, 1.807) is 0 Å². The highest BCUT2D eigenvalue weighted by Gasteiger charge is 2.43. The number of hydrogen-bond acceptors (Lipinski definition) is 5. The van der Waals surface area contributed by atoms with Gasteiger partial charge >= 0.3 is 0 Å². The molecule has 2 atom stereocenters. The average molecular weight is 292 g/mol. The van der Waals surface area contributed by atoms with Crippen LogP contribution < -0.4 is 0 Å². The van der Waals surface area contributed by atoms with Crippen LogP contribution in [0.4, 0.5) is 0 Å². The number of hydrogen-bond donors (Lipinski definition) is 0. The second-order valence-corrected chi connectivity index (χ2v) is 6.93. The molecule has 6 heteroatoms. The third kappa shape index (κ3) is 2.05. The van der Waals surface area contributed by atoms with Gasteiger partial charge in [0, 0.05) is 31.6 Å². The fourth-order valence-electron chi connectivity index (χ4n) is 3.91. The maximum atomic E-state index is 12.5.